The lowest BCUT2D eigenvalue weighted by atomic mass is 10.4. The fraction of sp³-hybridized carbons (Fsp3) is 0.385. The van der Waals surface area contributed by atoms with Crippen LogP contribution in [0.15, 0.2) is 34.9 Å². The number of nitrogens with one attached hydrogen (secondary N) is 1. The smallest absolute Gasteiger partial charge is 0.113 e. The van der Waals surface area contributed by atoms with Gasteiger partial charge in [0, 0.05) is 28.6 Å². The minimum Gasteiger partial charge on any atom is -0.468 e. The predicted octanol–water partition coefficient (Wildman–Crippen LogP) is 3.67. The van der Waals surface area contributed by atoms with Gasteiger partial charge in [-0.2, -0.15) is 11.8 Å². The van der Waals surface area contributed by atoms with Crippen molar-refractivity contribution in [3.05, 3.63) is 46.0 Å². The van der Waals surface area contributed by atoms with Crippen LogP contribution in [0.2, 0.25) is 0 Å². The number of hydrogen-bond donors (Lipinski definition) is 1. The molecule has 2 aromatic heterocycles. The van der Waals surface area contributed by atoms with E-state index in [0.29, 0.717) is 0 Å². The summed E-state index contributed by atoms with van der Waals surface area (Å²) in [6, 6.07) is 8.33. The van der Waals surface area contributed by atoms with Gasteiger partial charge in [0.1, 0.15) is 5.76 Å². The van der Waals surface area contributed by atoms with Crippen molar-refractivity contribution in [3.63, 3.8) is 0 Å². The van der Waals surface area contributed by atoms with Gasteiger partial charge in [-0.15, -0.1) is 11.3 Å². The van der Waals surface area contributed by atoms with Crippen LogP contribution in [0.5, 0.6) is 0 Å². The van der Waals surface area contributed by atoms with Gasteiger partial charge in [0.25, 0.3) is 0 Å². The van der Waals surface area contributed by atoms with E-state index in [-0.39, 0.29) is 0 Å². The van der Waals surface area contributed by atoms with Gasteiger partial charge in [-0.25, -0.2) is 0 Å². The Morgan fingerprint density at radius 1 is 1.35 bits per heavy atom. The highest BCUT2D eigenvalue weighted by Crippen LogP contribution is 2.15. The Hall–Kier alpha value is -0.710. The van der Waals surface area contributed by atoms with Crippen molar-refractivity contribution in [2.45, 2.75) is 19.2 Å². The average Bonchev–Trinajstić information content (AvgIpc) is 2.95. The van der Waals surface area contributed by atoms with Crippen LogP contribution in [-0.2, 0) is 12.3 Å². The van der Waals surface area contributed by atoms with Crippen molar-refractivity contribution in [1.29, 1.82) is 0 Å². The molecule has 0 aliphatic carbocycles. The summed E-state index contributed by atoms with van der Waals surface area (Å²) in [7, 11) is 0. The Morgan fingerprint density at radius 2 is 2.29 bits per heavy atom. The SMILES string of the molecule is Cc1ccc(CNCCSCc2ccco2)s1. The first kappa shape index (κ1) is 12.7. The van der Waals surface area contributed by atoms with Crippen LogP contribution in [0.1, 0.15) is 15.5 Å². The molecule has 2 heterocycles. The molecule has 0 saturated heterocycles. The lowest BCUT2D eigenvalue weighted by molar-refractivity contribution is 0.530. The first-order valence-corrected chi connectivity index (χ1v) is 7.68. The van der Waals surface area contributed by atoms with Crippen molar-refractivity contribution in [1.82, 2.24) is 5.32 Å². The molecule has 2 rings (SSSR count). The largest absolute Gasteiger partial charge is 0.468 e. The van der Waals surface area contributed by atoms with Gasteiger partial charge < -0.3 is 9.73 Å². The third kappa shape index (κ3) is 4.58. The number of thioether (sulfide) groups is 1. The molecule has 0 aliphatic rings. The lowest BCUT2D eigenvalue weighted by Crippen LogP contribution is -2.15. The molecule has 2 nitrogen and oxygen atoms in total. The average molecular weight is 267 g/mol. The van der Waals surface area contributed by atoms with Crippen LogP contribution in [0, 0.1) is 6.92 Å². The van der Waals surface area contributed by atoms with E-state index in [2.05, 4.69) is 24.4 Å². The molecule has 1 N–H and O–H groups in total. The number of furan rings is 1. The number of hydrogen-bond acceptors (Lipinski definition) is 4. The van der Waals surface area contributed by atoms with Gasteiger partial charge >= 0.3 is 0 Å². The summed E-state index contributed by atoms with van der Waals surface area (Å²) < 4.78 is 5.27. The summed E-state index contributed by atoms with van der Waals surface area (Å²) in [5.74, 6) is 3.14. The van der Waals surface area contributed by atoms with Gasteiger partial charge in [-0.05, 0) is 31.2 Å². The van der Waals surface area contributed by atoms with E-state index in [9.17, 15) is 0 Å². The highest BCUT2D eigenvalue weighted by Gasteiger charge is 1.97. The van der Waals surface area contributed by atoms with Crippen molar-refractivity contribution in [2.24, 2.45) is 0 Å². The molecule has 92 valence electrons. The molecule has 4 heteroatoms. The Balaban J connectivity index is 1.52. The number of rotatable bonds is 7. The van der Waals surface area contributed by atoms with Gasteiger partial charge in [0.15, 0.2) is 0 Å². The van der Waals surface area contributed by atoms with E-state index >= 15 is 0 Å². The number of aryl methyl sites for hydroxylation is 1. The molecule has 0 aromatic carbocycles. The van der Waals surface area contributed by atoms with Crippen molar-refractivity contribution in [2.75, 3.05) is 12.3 Å². The molecule has 2 aromatic rings. The summed E-state index contributed by atoms with van der Waals surface area (Å²) in [6.07, 6.45) is 1.73. The van der Waals surface area contributed by atoms with E-state index in [1.54, 1.807) is 6.26 Å². The third-order valence-corrected chi connectivity index (χ3v) is 4.32. The zero-order valence-corrected chi connectivity index (χ0v) is 11.6. The second-order valence-corrected chi connectivity index (χ2v) is 6.30. The summed E-state index contributed by atoms with van der Waals surface area (Å²) >= 11 is 3.76. The summed E-state index contributed by atoms with van der Waals surface area (Å²) in [6.45, 7) is 4.18. The topological polar surface area (TPSA) is 25.2 Å². The van der Waals surface area contributed by atoms with Crippen LogP contribution in [-0.4, -0.2) is 12.3 Å². The first-order chi connectivity index (χ1) is 8.34. The van der Waals surface area contributed by atoms with Gasteiger partial charge in [0.05, 0.1) is 12.0 Å². The molecule has 0 saturated carbocycles. The quantitative estimate of drug-likeness (QED) is 0.775. The van der Waals surface area contributed by atoms with Crippen molar-refractivity contribution < 1.29 is 4.42 Å². The highest BCUT2D eigenvalue weighted by atomic mass is 32.2. The predicted molar refractivity (Wildman–Crippen MR) is 75.6 cm³/mol. The number of thiophene rings is 1. The normalized spacial score (nSPS) is 10.9. The van der Waals surface area contributed by atoms with Gasteiger partial charge in [0.2, 0.25) is 0 Å². The summed E-state index contributed by atoms with van der Waals surface area (Å²) in [5, 5.41) is 3.45. The second kappa shape index (κ2) is 6.89. The summed E-state index contributed by atoms with van der Waals surface area (Å²) in [4.78, 5) is 2.80. The minimum atomic E-state index is 0.965. The molecular formula is C13H17NOS2. The molecular weight excluding hydrogens is 250 g/mol. The van der Waals surface area contributed by atoms with E-state index < -0.39 is 0 Å². The first-order valence-electron chi connectivity index (χ1n) is 5.71. The Bertz CT molecular complexity index is 422. The van der Waals surface area contributed by atoms with Crippen molar-refractivity contribution in [3.8, 4) is 0 Å². The van der Waals surface area contributed by atoms with Gasteiger partial charge in [-0.1, -0.05) is 0 Å². The van der Waals surface area contributed by atoms with Crippen LogP contribution < -0.4 is 5.32 Å². The van der Waals surface area contributed by atoms with E-state index in [0.717, 1.165) is 30.4 Å². The molecule has 0 aliphatic heterocycles. The zero-order chi connectivity index (χ0) is 11.9. The Morgan fingerprint density at radius 3 is 3.00 bits per heavy atom. The fourth-order valence-electron chi connectivity index (χ4n) is 1.50. The van der Waals surface area contributed by atoms with Crippen molar-refractivity contribution >= 4 is 23.1 Å². The third-order valence-electron chi connectivity index (χ3n) is 2.34. The maximum atomic E-state index is 5.27. The van der Waals surface area contributed by atoms with Crippen LogP contribution in [0.25, 0.3) is 0 Å². The van der Waals surface area contributed by atoms with E-state index in [4.69, 9.17) is 4.42 Å². The fourth-order valence-corrected chi connectivity index (χ4v) is 3.16. The summed E-state index contributed by atoms with van der Waals surface area (Å²) in [5.41, 5.74) is 0. The standard InChI is InChI=1S/C13H17NOS2/c1-11-4-5-13(17-11)9-14-6-8-16-10-12-3-2-7-15-12/h2-5,7,14H,6,8-10H2,1H3. The molecule has 0 spiro atoms. The molecule has 0 amide bonds. The maximum Gasteiger partial charge on any atom is 0.113 e. The lowest BCUT2D eigenvalue weighted by Gasteiger charge is -2.02. The van der Waals surface area contributed by atoms with Crippen LogP contribution in [0.4, 0.5) is 0 Å². The van der Waals surface area contributed by atoms with Gasteiger partial charge in [-0.3, -0.25) is 0 Å². The minimum absolute atomic E-state index is 0.965. The Kier molecular flexibility index (Phi) is 5.16. The maximum absolute atomic E-state index is 5.27. The second-order valence-electron chi connectivity index (χ2n) is 3.82. The molecule has 0 fully saturated rings. The molecule has 0 unspecified atom stereocenters. The van der Waals surface area contributed by atoms with Crippen LogP contribution in [0.3, 0.4) is 0 Å². The Labute approximate surface area is 110 Å². The molecule has 0 bridgehead atoms. The molecule has 17 heavy (non-hydrogen) atoms. The monoisotopic (exact) mass is 267 g/mol. The van der Waals surface area contributed by atoms with E-state index in [1.165, 1.54) is 9.75 Å². The zero-order valence-electron chi connectivity index (χ0n) is 9.94. The van der Waals surface area contributed by atoms with Crippen LogP contribution >= 0.6 is 23.1 Å². The molecule has 0 atom stereocenters. The van der Waals surface area contributed by atoms with E-state index in [1.807, 2.05) is 35.2 Å². The highest BCUT2D eigenvalue weighted by molar-refractivity contribution is 7.98. The molecule has 0 radical (unpaired) electrons.